The molecule has 1 aromatic carbocycles. The normalized spacial score (nSPS) is 12.4. The number of hydrogen-bond donors (Lipinski definition) is 3. The van der Waals surface area contributed by atoms with Crippen molar-refractivity contribution in [1.82, 2.24) is 25.5 Å². The summed E-state index contributed by atoms with van der Waals surface area (Å²) in [6.45, 7) is 11.1. The van der Waals surface area contributed by atoms with Crippen LogP contribution < -0.4 is 16.0 Å². The molecule has 0 unspecified atom stereocenters. The van der Waals surface area contributed by atoms with Crippen LogP contribution in [0.2, 0.25) is 0 Å². The molecule has 30 heavy (non-hydrogen) atoms. The summed E-state index contributed by atoms with van der Waals surface area (Å²) < 4.78 is 7.43. The highest BCUT2D eigenvalue weighted by atomic mass is 16.6. The van der Waals surface area contributed by atoms with Crippen LogP contribution in [0.4, 0.5) is 4.79 Å². The minimum Gasteiger partial charge on any atom is -0.444 e. The minimum atomic E-state index is -0.535. The Morgan fingerprint density at radius 1 is 1.13 bits per heavy atom. The minimum absolute atomic E-state index is 0.444. The lowest BCUT2D eigenvalue weighted by Gasteiger charge is -2.29. The third-order valence-corrected chi connectivity index (χ3v) is 4.17. The van der Waals surface area contributed by atoms with Gasteiger partial charge in [-0.15, -0.1) is 0 Å². The van der Waals surface area contributed by atoms with Gasteiger partial charge < -0.3 is 25.3 Å². The van der Waals surface area contributed by atoms with Gasteiger partial charge in [-0.05, 0) is 40.2 Å². The van der Waals surface area contributed by atoms with E-state index in [1.54, 1.807) is 13.2 Å². The number of carbonyl (C=O) groups is 1. The predicted octanol–water partition coefficient (Wildman–Crippen LogP) is 2.90. The van der Waals surface area contributed by atoms with Gasteiger partial charge in [-0.25, -0.2) is 9.78 Å². The van der Waals surface area contributed by atoms with E-state index >= 15 is 0 Å². The highest BCUT2D eigenvalue weighted by Crippen LogP contribution is 2.09. The summed E-state index contributed by atoms with van der Waals surface area (Å²) in [5.74, 6) is 1.54. The van der Waals surface area contributed by atoms with Crippen LogP contribution >= 0.6 is 0 Å². The van der Waals surface area contributed by atoms with Crippen molar-refractivity contribution in [3.05, 3.63) is 54.1 Å². The number of aromatic nitrogens is 2. The first-order chi connectivity index (χ1) is 14.1. The zero-order valence-electron chi connectivity index (χ0n) is 18.8. The van der Waals surface area contributed by atoms with Crippen LogP contribution in [0, 0.1) is 0 Å². The van der Waals surface area contributed by atoms with E-state index in [2.05, 4.69) is 42.6 Å². The number of benzene rings is 1. The van der Waals surface area contributed by atoms with Crippen molar-refractivity contribution in [2.24, 2.45) is 4.99 Å². The molecule has 0 spiro atoms. The van der Waals surface area contributed by atoms with E-state index < -0.39 is 17.2 Å². The number of aliphatic imine (C=N–C) groups is 1. The molecular weight excluding hydrogens is 380 g/mol. The van der Waals surface area contributed by atoms with Gasteiger partial charge in [0.15, 0.2) is 5.96 Å². The van der Waals surface area contributed by atoms with Crippen molar-refractivity contribution in [1.29, 1.82) is 0 Å². The number of hydrogen-bond acceptors (Lipinski definition) is 4. The number of alkyl carbamates (subject to hydrolysis) is 1. The summed E-state index contributed by atoms with van der Waals surface area (Å²) in [4.78, 5) is 20.7. The van der Waals surface area contributed by atoms with Gasteiger partial charge in [0.05, 0.1) is 12.1 Å². The largest absolute Gasteiger partial charge is 0.444 e. The van der Waals surface area contributed by atoms with E-state index in [0.717, 1.165) is 12.4 Å². The molecule has 8 nitrogen and oxygen atoms in total. The SMILES string of the molecule is CN=C(NCc1nccn1Cc1ccccc1)NCC(C)(C)NC(=O)OC(C)(C)C. The Hall–Kier alpha value is -3.03. The van der Waals surface area contributed by atoms with Crippen molar-refractivity contribution in [2.45, 2.75) is 58.8 Å². The Balaban J connectivity index is 1.85. The lowest BCUT2D eigenvalue weighted by molar-refractivity contribution is 0.0474. The Morgan fingerprint density at radius 2 is 1.83 bits per heavy atom. The predicted molar refractivity (Wildman–Crippen MR) is 119 cm³/mol. The average molecular weight is 415 g/mol. The quantitative estimate of drug-likeness (QED) is 0.479. The van der Waals surface area contributed by atoms with E-state index in [9.17, 15) is 4.79 Å². The van der Waals surface area contributed by atoms with Crippen LogP contribution in [0.15, 0.2) is 47.7 Å². The Kier molecular flexibility index (Phi) is 7.86. The molecule has 0 aliphatic carbocycles. The van der Waals surface area contributed by atoms with Gasteiger partial charge in [0.25, 0.3) is 0 Å². The fourth-order valence-electron chi connectivity index (χ4n) is 2.74. The van der Waals surface area contributed by atoms with E-state index in [4.69, 9.17) is 4.74 Å². The number of rotatable bonds is 7. The van der Waals surface area contributed by atoms with Crippen LogP contribution in [0.3, 0.4) is 0 Å². The van der Waals surface area contributed by atoms with Crippen LogP contribution in [-0.4, -0.2) is 46.3 Å². The molecule has 0 aliphatic heterocycles. The third-order valence-electron chi connectivity index (χ3n) is 4.17. The van der Waals surface area contributed by atoms with E-state index in [1.165, 1.54) is 5.56 Å². The summed E-state index contributed by atoms with van der Waals surface area (Å²) in [6.07, 6.45) is 3.32. The number of ether oxygens (including phenoxy) is 1. The van der Waals surface area contributed by atoms with Gasteiger partial charge in [0.2, 0.25) is 0 Å². The summed E-state index contributed by atoms with van der Waals surface area (Å²) in [5.41, 5.74) is 0.160. The van der Waals surface area contributed by atoms with Crippen molar-refractivity contribution in [3.8, 4) is 0 Å². The second-order valence-corrected chi connectivity index (χ2v) is 8.75. The van der Waals surface area contributed by atoms with Crippen molar-refractivity contribution >= 4 is 12.1 Å². The number of nitrogens with zero attached hydrogens (tertiary/aromatic N) is 3. The first kappa shape index (κ1) is 23.3. The molecule has 0 atom stereocenters. The molecule has 8 heteroatoms. The molecule has 0 fully saturated rings. The second-order valence-electron chi connectivity index (χ2n) is 8.75. The third kappa shape index (κ3) is 8.14. The fraction of sp³-hybridized carbons (Fsp3) is 0.500. The van der Waals surface area contributed by atoms with Crippen LogP contribution in [0.1, 0.15) is 46.0 Å². The van der Waals surface area contributed by atoms with Crippen LogP contribution in [0.5, 0.6) is 0 Å². The maximum absolute atomic E-state index is 12.0. The summed E-state index contributed by atoms with van der Waals surface area (Å²) in [6, 6.07) is 10.3. The van der Waals surface area contributed by atoms with Gasteiger partial charge in [-0.3, -0.25) is 4.99 Å². The molecule has 2 rings (SSSR count). The number of guanidine groups is 1. The van der Waals surface area contributed by atoms with Crippen molar-refractivity contribution in [2.75, 3.05) is 13.6 Å². The maximum Gasteiger partial charge on any atom is 0.408 e. The van der Waals surface area contributed by atoms with Crippen LogP contribution in [0.25, 0.3) is 0 Å². The second kappa shape index (κ2) is 10.1. The summed E-state index contributed by atoms with van der Waals surface area (Å²) in [5, 5.41) is 9.39. The zero-order valence-corrected chi connectivity index (χ0v) is 18.8. The molecular formula is C22H34N6O2. The number of amides is 1. The molecule has 3 N–H and O–H groups in total. The topological polar surface area (TPSA) is 92.6 Å². The number of imidazole rings is 1. The molecule has 0 saturated carbocycles. The van der Waals surface area contributed by atoms with E-state index in [0.29, 0.717) is 19.0 Å². The zero-order chi connectivity index (χ0) is 22.2. The summed E-state index contributed by atoms with van der Waals surface area (Å²) >= 11 is 0. The van der Waals surface area contributed by atoms with Gasteiger partial charge >= 0.3 is 6.09 Å². The smallest absolute Gasteiger partial charge is 0.408 e. The molecule has 0 bridgehead atoms. The van der Waals surface area contributed by atoms with Gasteiger partial charge in [0, 0.05) is 32.5 Å². The molecule has 2 aromatic rings. The van der Waals surface area contributed by atoms with Crippen LogP contribution in [-0.2, 0) is 17.8 Å². The Labute approximate surface area is 179 Å². The van der Waals surface area contributed by atoms with Gasteiger partial charge in [0.1, 0.15) is 11.4 Å². The Morgan fingerprint density at radius 3 is 2.47 bits per heavy atom. The van der Waals surface area contributed by atoms with Gasteiger partial charge in [-0.1, -0.05) is 30.3 Å². The lowest BCUT2D eigenvalue weighted by atomic mass is 10.1. The van der Waals surface area contributed by atoms with E-state index in [-0.39, 0.29) is 0 Å². The highest BCUT2D eigenvalue weighted by molar-refractivity contribution is 5.79. The molecule has 0 aliphatic rings. The molecule has 0 radical (unpaired) electrons. The maximum atomic E-state index is 12.0. The van der Waals surface area contributed by atoms with Crippen molar-refractivity contribution in [3.63, 3.8) is 0 Å². The average Bonchev–Trinajstić information content (AvgIpc) is 3.07. The Bertz CT molecular complexity index is 837. The first-order valence-electron chi connectivity index (χ1n) is 10.1. The molecule has 1 amide bonds. The first-order valence-corrected chi connectivity index (χ1v) is 10.1. The van der Waals surface area contributed by atoms with Crippen molar-refractivity contribution < 1.29 is 9.53 Å². The lowest BCUT2D eigenvalue weighted by Crippen LogP contribution is -2.54. The monoisotopic (exact) mass is 414 g/mol. The van der Waals surface area contributed by atoms with E-state index in [1.807, 2.05) is 59.0 Å². The highest BCUT2D eigenvalue weighted by Gasteiger charge is 2.24. The van der Waals surface area contributed by atoms with Gasteiger partial charge in [-0.2, -0.15) is 0 Å². The standard InChI is InChI=1S/C22H34N6O2/c1-21(2,3)30-20(29)27-22(4,5)16-26-19(23-6)25-14-18-24-12-13-28(18)15-17-10-8-7-9-11-17/h7-13H,14-16H2,1-6H3,(H,27,29)(H2,23,25,26). The molecule has 1 heterocycles. The number of carbonyl (C=O) groups excluding carboxylic acids is 1. The molecule has 164 valence electrons. The fourth-order valence-corrected chi connectivity index (χ4v) is 2.74. The number of nitrogens with one attached hydrogen (secondary N) is 3. The summed E-state index contributed by atoms with van der Waals surface area (Å²) in [7, 11) is 1.71. The molecule has 0 saturated heterocycles. The molecule has 1 aromatic heterocycles.